The Hall–Kier alpha value is -2.23. The molecule has 0 radical (unpaired) electrons. The van der Waals surface area contributed by atoms with Crippen molar-refractivity contribution in [1.29, 1.82) is 0 Å². The summed E-state index contributed by atoms with van der Waals surface area (Å²) in [5, 5.41) is 0. The van der Waals surface area contributed by atoms with Crippen LogP contribution in [0.2, 0.25) is 0 Å². The number of hydrogen-bond acceptors (Lipinski definition) is 7. The molecule has 0 bridgehead atoms. The van der Waals surface area contributed by atoms with Crippen LogP contribution in [0.3, 0.4) is 0 Å². The quantitative estimate of drug-likeness (QED) is 0.678. The fourth-order valence-electron chi connectivity index (χ4n) is 4.81. The molecular formula is C24H33N5O3S. The van der Waals surface area contributed by atoms with E-state index in [4.69, 9.17) is 14.7 Å². The molecule has 0 saturated carbocycles. The molecule has 178 valence electrons. The highest BCUT2D eigenvalue weighted by atomic mass is 32.2. The van der Waals surface area contributed by atoms with Crippen LogP contribution >= 0.6 is 0 Å². The van der Waals surface area contributed by atoms with Gasteiger partial charge in [-0.3, -0.25) is 0 Å². The molecule has 0 N–H and O–H groups in total. The summed E-state index contributed by atoms with van der Waals surface area (Å²) < 4.78 is 33.9. The zero-order valence-corrected chi connectivity index (χ0v) is 20.4. The molecule has 9 heteroatoms. The molecule has 1 aromatic heterocycles. The summed E-state index contributed by atoms with van der Waals surface area (Å²) >= 11 is 0. The minimum absolute atomic E-state index is 0.316. The summed E-state index contributed by atoms with van der Waals surface area (Å²) in [5.41, 5.74) is 2.99. The SMILES string of the molecule is Cc1ccc(S(=O)(=O)N2CCc3nc(N4CCOCC4)nc(N4CCC(C)CC4)c3C2)cc1. The number of piperidine rings is 1. The van der Waals surface area contributed by atoms with Crippen LogP contribution in [-0.2, 0) is 27.7 Å². The summed E-state index contributed by atoms with van der Waals surface area (Å²) in [6, 6.07) is 7.10. The van der Waals surface area contributed by atoms with Crippen molar-refractivity contribution in [3.8, 4) is 0 Å². The molecule has 1 aromatic carbocycles. The van der Waals surface area contributed by atoms with Crippen molar-refractivity contribution >= 4 is 21.8 Å². The Bertz CT molecular complexity index is 1090. The van der Waals surface area contributed by atoms with Crippen LogP contribution in [0.1, 0.15) is 36.6 Å². The number of aromatic nitrogens is 2. The number of morpholine rings is 1. The van der Waals surface area contributed by atoms with Crippen LogP contribution in [-0.4, -0.2) is 68.6 Å². The monoisotopic (exact) mass is 471 g/mol. The molecule has 0 spiro atoms. The van der Waals surface area contributed by atoms with Gasteiger partial charge in [0.2, 0.25) is 16.0 Å². The standard InChI is InChI=1S/C24H33N5O3S/c1-18-3-5-20(6-4-18)33(30,31)29-12-9-22-21(17-29)23(27-10-7-19(2)8-11-27)26-24(25-22)28-13-15-32-16-14-28/h3-6,19H,7-17H2,1-2H3. The molecule has 0 atom stereocenters. The van der Waals surface area contributed by atoms with Crippen LogP contribution in [0.5, 0.6) is 0 Å². The average Bonchev–Trinajstić information content (AvgIpc) is 2.84. The average molecular weight is 472 g/mol. The van der Waals surface area contributed by atoms with Crippen LogP contribution in [0.15, 0.2) is 29.2 Å². The number of ether oxygens (including phenoxy) is 1. The molecule has 3 aliphatic heterocycles. The Morgan fingerprint density at radius 1 is 0.939 bits per heavy atom. The summed E-state index contributed by atoms with van der Waals surface area (Å²) in [6.45, 7) is 9.81. The minimum Gasteiger partial charge on any atom is -0.378 e. The van der Waals surface area contributed by atoms with Gasteiger partial charge in [-0.05, 0) is 37.8 Å². The van der Waals surface area contributed by atoms with Crippen LogP contribution in [0, 0.1) is 12.8 Å². The third kappa shape index (κ3) is 4.58. The number of anilines is 2. The van der Waals surface area contributed by atoms with Crippen molar-refractivity contribution in [2.75, 3.05) is 55.7 Å². The van der Waals surface area contributed by atoms with Gasteiger partial charge in [-0.2, -0.15) is 9.29 Å². The molecular weight excluding hydrogens is 438 g/mol. The Labute approximate surface area is 196 Å². The van der Waals surface area contributed by atoms with Crippen molar-refractivity contribution in [3.05, 3.63) is 41.1 Å². The molecule has 0 aliphatic carbocycles. The van der Waals surface area contributed by atoms with Gasteiger partial charge in [0.25, 0.3) is 0 Å². The summed E-state index contributed by atoms with van der Waals surface area (Å²) in [7, 11) is -3.58. The van der Waals surface area contributed by atoms with E-state index in [0.717, 1.165) is 67.6 Å². The third-order valence-electron chi connectivity index (χ3n) is 7.03. The lowest BCUT2D eigenvalue weighted by molar-refractivity contribution is 0.122. The van der Waals surface area contributed by atoms with E-state index in [0.29, 0.717) is 43.5 Å². The van der Waals surface area contributed by atoms with E-state index in [1.54, 1.807) is 16.4 Å². The predicted molar refractivity (Wildman–Crippen MR) is 128 cm³/mol. The Morgan fingerprint density at radius 2 is 1.64 bits per heavy atom. The molecule has 5 rings (SSSR count). The molecule has 4 heterocycles. The molecule has 2 saturated heterocycles. The zero-order valence-electron chi connectivity index (χ0n) is 19.5. The van der Waals surface area contributed by atoms with Gasteiger partial charge in [-0.15, -0.1) is 0 Å². The zero-order chi connectivity index (χ0) is 23.0. The highest BCUT2D eigenvalue weighted by molar-refractivity contribution is 7.89. The first-order valence-corrected chi connectivity index (χ1v) is 13.4. The van der Waals surface area contributed by atoms with Crippen molar-refractivity contribution < 1.29 is 13.2 Å². The number of benzene rings is 1. The van der Waals surface area contributed by atoms with Gasteiger partial charge in [-0.1, -0.05) is 24.6 Å². The largest absolute Gasteiger partial charge is 0.378 e. The lowest BCUT2D eigenvalue weighted by Gasteiger charge is -2.37. The van der Waals surface area contributed by atoms with Crippen molar-refractivity contribution in [2.24, 2.45) is 5.92 Å². The van der Waals surface area contributed by atoms with E-state index in [9.17, 15) is 8.42 Å². The van der Waals surface area contributed by atoms with E-state index in [1.165, 1.54) is 0 Å². The maximum atomic E-state index is 13.4. The topological polar surface area (TPSA) is 78.9 Å². The van der Waals surface area contributed by atoms with Gasteiger partial charge in [0.05, 0.1) is 23.8 Å². The number of hydrogen-bond donors (Lipinski definition) is 0. The fraction of sp³-hybridized carbons (Fsp3) is 0.583. The van der Waals surface area contributed by atoms with Crippen LogP contribution < -0.4 is 9.80 Å². The number of nitrogens with zero attached hydrogens (tertiary/aromatic N) is 5. The molecule has 33 heavy (non-hydrogen) atoms. The normalized spacial score (nSPS) is 20.7. The molecule has 3 aliphatic rings. The Morgan fingerprint density at radius 3 is 2.33 bits per heavy atom. The Balaban J connectivity index is 1.50. The first kappa shape index (κ1) is 22.6. The first-order chi connectivity index (χ1) is 15.9. The second-order valence-corrected chi connectivity index (χ2v) is 11.4. The first-order valence-electron chi connectivity index (χ1n) is 12.0. The Kier molecular flexibility index (Phi) is 6.28. The number of fused-ring (bicyclic) bond motifs is 1. The molecule has 2 fully saturated rings. The van der Waals surface area contributed by atoms with Crippen molar-refractivity contribution in [1.82, 2.24) is 14.3 Å². The summed E-state index contributed by atoms with van der Waals surface area (Å²) in [5.74, 6) is 2.37. The second kappa shape index (κ2) is 9.19. The summed E-state index contributed by atoms with van der Waals surface area (Å²) in [6.07, 6.45) is 2.84. The van der Waals surface area contributed by atoms with E-state index < -0.39 is 10.0 Å². The van der Waals surface area contributed by atoms with E-state index >= 15 is 0 Å². The number of rotatable bonds is 4. The van der Waals surface area contributed by atoms with Crippen LogP contribution in [0.25, 0.3) is 0 Å². The molecule has 0 unspecified atom stereocenters. The smallest absolute Gasteiger partial charge is 0.243 e. The maximum absolute atomic E-state index is 13.4. The highest BCUT2D eigenvalue weighted by Crippen LogP contribution is 2.33. The van der Waals surface area contributed by atoms with Gasteiger partial charge in [0.15, 0.2) is 0 Å². The minimum atomic E-state index is -3.58. The van der Waals surface area contributed by atoms with Crippen molar-refractivity contribution in [3.63, 3.8) is 0 Å². The van der Waals surface area contributed by atoms with Gasteiger partial charge in [0, 0.05) is 51.3 Å². The van der Waals surface area contributed by atoms with E-state index in [2.05, 4.69) is 16.7 Å². The second-order valence-electron chi connectivity index (χ2n) is 9.44. The fourth-order valence-corrected chi connectivity index (χ4v) is 6.22. The molecule has 8 nitrogen and oxygen atoms in total. The molecule has 0 amide bonds. The van der Waals surface area contributed by atoms with Gasteiger partial charge >= 0.3 is 0 Å². The van der Waals surface area contributed by atoms with Crippen LogP contribution in [0.4, 0.5) is 11.8 Å². The predicted octanol–water partition coefficient (Wildman–Crippen LogP) is 2.60. The molecule has 2 aromatic rings. The maximum Gasteiger partial charge on any atom is 0.243 e. The third-order valence-corrected chi connectivity index (χ3v) is 8.89. The van der Waals surface area contributed by atoms with E-state index in [1.807, 2.05) is 19.1 Å². The summed E-state index contributed by atoms with van der Waals surface area (Å²) in [4.78, 5) is 14.8. The van der Waals surface area contributed by atoms with Gasteiger partial charge < -0.3 is 14.5 Å². The van der Waals surface area contributed by atoms with Gasteiger partial charge in [-0.25, -0.2) is 13.4 Å². The highest BCUT2D eigenvalue weighted by Gasteiger charge is 2.33. The van der Waals surface area contributed by atoms with E-state index in [-0.39, 0.29) is 0 Å². The lowest BCUT2D eigenvalue weighted by atomic mass is 9.98. The van der Waals surface area contributed by atoms with Crippen molar-refractivity contribution in [2.45, 2.75) is 44.6 Å². The lowest BCUT2D eigenvalue weighted by Crippen LogP contribution is -2.42. The number of sulfonamides is 1. The number of aryl methyl sites for hydroxylation is 1. The van der Waals surface area contributed by atoms with Gasteiger partial charge in [0.1, 0.15) is 5.82 Å².